The minimum absolute atomic E-state index is 0.0414. The standard InChI is InChI=1S/C21H29N5O/c1-15-14-19(24-21(22)23-15)16-8-10-17(11-9-16)20(27)26(3)13-12-25(2)18-6-4-5-7-18/h8-11,14,18H,4-7,12-13H2,1-3H3,(H2,22,23,24). The molecule has 1 amide bonds. The van der Waals surface area contributed by atoms with Crippen LogP contribution in [0.4, 0.5) is 5.95 Å². The van der Waals surface area contributed by atoms with Gasteiger partial charge in [0.25, 0.3) is 5.91 Å². The molecule has 6 heteroatoms. The zero-order chi connectivity index (χ0) is 19.4. The third-order valence-corrected chi connectivity index (χ3v) is 5.38. The Kier molecular flexibility index (Phi) is 6.06. The lowest BCUT2D eigenvalue weighted by molar-refractivity contribution is 0.0774. The first-order valence-electron chi connectivity index (χ1n) is 9.61. The summed E-state index contributed by atoms with van der Waals surface area (Å²) in [5.74, 6) is 0.302. The predicted molar refractivity (Wildman–Crippen MR) is 108 cm³/mol. The molecule has 3 rings (SSSR count). The van der Waals surface area contributed by atoms with Gasteiger partial charge in [0.2, 0.25) is 5.95 Å². The molecule has 6 nitrogen and oxygen atoms in total. The second-order valence-electron chi connectivity index (χ2n) is 7.48. The number of carbonyl (C=O) groups is 1. The lowest BCUT2D eigenvalue weighted by Gasteiger charge is -2.26. The highest BCUT2D eigenvalue weighted by atomic mass is 16.2. The van der Waals surface area contributed by atoms with Gasteiger partial charge in [-0.15, -0.1) is 0 Å². The van der Waals surface area contributed by atoms with Gasteiger partial charge >= 0.3 is 0 Å². The van der Waals surface area contributed by atoms with Gasteiger partial charge in [-0.05, 0) is 45.0 Å². The third kappa shape index (κ3) is 4.83. The third-order valence-electron chi connectivity index (χ3n) is 5.38. The van der Waals surface area contributed by atoms with Crippen LogP contribution in [0.3, 0.4) is 0 Å². The van der Waals surface area contributed by atoms with E-state index in [0.717, 1.165) is 30.0 Å². The lowest BCUT2D eigenvalue weighted by atomic mass is 10.1. The summed E-state index contributed by atoms with van der Waals surface area (Å²) < 4.78 is 0. The molecular formula is C21H29N5O. The molecule has 2 aromatic rings. The van der Waals surface area contributed by atoms with Crippen molar-refractivity contribution < 1.29 is 4.79 Å². The van der Waals surface area contributed by atoms with Gasteiger partial charge in [0, 0.05) is 43.0 Å². The summed E-state index contributed by atoms with van der Waals surface area (Å²) in [6.07, 6.45) is 5.21. The van der Waals surface area contributed by atoms with Crippen molar-refractivity contribution in [2.75, 3.05) is 32.9 Å². The topological polar surface area (TPSA) is 75.4 Å². The SMILES string of the molecule is Cc1cc(-c2ccc(C(=O)N(C)CCN(C)C3CCCC3)cc2)nc(N)n1. The van der Waals surface area contributed by atoms with E-state index >= 15 is 0 Å². The number of nitrogens with zero attached hydrogens (tertiary/aromatic N) is 4. The lowest BCUT2D eigenvalue weighted by Crippen LogP contribution is -2.38. The van der Waals surface area contributed by atoms with Crippen LogP contribution in [0.15, 0.2) is 30.3 Å². The van der Waals surface area contributed by atoms with Crippen LogP contribution in [-0.4, -0.2) is 58.9 Å². The molecule has 1 aromatic heterocycles. The maximum atomic E-state index is 12.7. The number of hydrogen-bond acceptors (Lipinski definition) is 5. The van der Waals surface area contributed by atoms with Crippen LogP contribution in [0.5, 0.6) is 0 Å². The summed E-state index contributed by atoms with van der Waals surface area (Å²) >= 11 is 0. The molecule has 0 bridgehead atoms. The number of anilines is 1. The molecular weight excluding hydrogens is 338 g/mol. The first-order valence-corrected chi connectivity index (χ1v) is 9.61. The fraction of sp³-hybridized carbons (Fsp3) is 0.476. The average Bonchev–Trinajstić information content (AvgIpc) is 3.19. The Labute approximate surface area is 161 Å². The van der Waals surface area contributed by atoms with Gasteiger partial charge in [0.05, 0.1) is 5.69 Å². The minimum Gasteiger partial charge on any atom is -0.368 e. The predicted octanol–water partition coefficient (Wildman–Crippen LogP) is 2.98. The Morgan fingerprint density at radius 3 is 2.41 bits per heavy atom. The van der Waals surface area contributed by atoms with Crippen molar-refractivity contribution in [3.8, 4) is 11.3 Å². The van der Waals surface area contributed by atoms with E-state index in [-0.39, 0.29) is 11.9 Å². The molecule has 2 N–H and O–H groups in total. The van der Waals surface area contributed by atoms with E-state index in [9.17, 15) is 4.79 Å². The van der Waals surface area contributed by atoms with Crippen molar-refractivity contribution in [2.45, 2.75) is 38.6 Å². The van der Waals surface area contributed by atoms with Crippen molar-refractivity contribution in [2.24, 2.45) is 0 Å². The number of rotatable bonds is 6. The molecule has 0 aliphatic heterocycles. The van der Waals surface area contributed by atoms with Gasteiger partial charge in [0.1, 0.15) is 0 Å². The number of nitrogen functional groups attached to an aromatic ring is 1. The van der Waals surface area contributed by atoms with Gasteiger partial charge in [-0.1, -0.05) is 25.0 Å². The van der Waals surface area contributed by atoms with Crippen LogP contribution in [0.1, 0.15) is 41.7 Å². The number of carbonyl (C=O) groups excluding carboxylic acids is 1. The van der Waals surface area contributed by atoms with Gasteiger partial charge in [-0.25, -0.2) is 9.97 Å². The van der Waals surface area contributed by atoms with E-state index in [1.54, 1.807) is 4.90 Å². The Hall–Kier alpha value is -2.47. The van der Waals surface area contributed by atoms with Crippen LogP contribution in [0.25, 0.3) is 11.3 Å². The van der Waals surface area contributed by atoms with Gasteiger partial charge in [-0.3, -0.25) is 4.79 Å². The summed E-state index contributed by atoms with van der Waals surface area (Å²) in [5, 5.41) is 0. The van der Waals surface area contributed by atoms with Crippen molar-refractivity contribution in [3.05, 3.63) is 41.6 Å². The first-order chi connectivity index (χ1) is 12.9. The molecule has 0 unspecified atom stereocenters. The molecule has 0 saturated heterocycles. The van der Waals surface area contributed by atoms with Crippen molar-refractivity contribution in [3.63, 3.8) is 0 Å². The van der Waals surface area contributed by atoms with Crippen LogP contribution in [0, 0.1) is 6.92 Å². The number of aryl methyl sites for hydroxylation is 1. The zero-order valence-electron chi connectivity index (χ0n) is 16.5. The van der Waals surface area contributed by atoms with E-state index in [1.165, 1.54) is 25.7 Å². The van der Waals surface area contributed by atoms with E-state index < -0.39 is 0 Å². The van der Waals surface area contributed by atoms with Crippen molar-refractivity contribution >= 4 is 11.9 Å². The molecule has 1 saturated carbocycles. The second-order valence-corrected chi connectivity index (χ2v) is 7.48. The highest BCUT2D eigenvalue weighted by Gasteiger charge is 2.20. The number of hydrogen-bond donors (Lipinski definition) is 1. The Balaban J connectivity index is 1.61. The van der Waals surface area contributed by atoms with Crippen molar-refractivity contribution in [1.29, 1.82) is 0 Å². The molecule has 27 heavy (non-hydrogen) atoms. The Morgan fingerprint density at radius 2 is 1.78 bits per heavy atom. The fourth-order valence-electron chi connectivity index (χ4n) is 3.68. The molecule has 0 radical (unpaired) electrons. The van der Waals surface area contributed by atoms with Crippen molar-refractivity contribution in [1.82, 2.24) is 19.8 Å². The van der Waals surface area contributed by atoms with Crippen LogP contribution in [-0.2, 0) is 0 Å². The molecule has 1 aliphatic rings. The Bertz CT molecular complexity index is 763. The quantitative estimate of drug-likeness (QED) is 0.849. The van der Waals surface area contributed by atoms with E-state index in [0.29, 0.717) is 11.6 Å². The van der Waals surface area contributed by atoms with Crippen LogP contribution in [0.2, 0.25) is 0 Å². The van der Waals surface area contributed by atoms with E-state index in [2.05, 4.69) is 21.9 Å². The fourth-order valence-corrected chi connectivity index (χ4v) is 3.68. The molecule has 144 valence electrons. The molecule has 1 aliphatic carbocycles. The highest BCUT2D eigenvalue weighted by Crippen LogP contribution is 2.22. The number of likely N-dealkylation sites (N-methyl/N-ethyl adjacent to an activating group) is 2. The number of benzene rings is 1. The summed E-state index contributed by atoms with van der Waals surface area (Å²) in [6.45, 7) is 3.52. The maximum Gasteiger partial charge on any atom is 0.253 e. The Morgan fingerprint density at radius 1 is 1.11 bits per heavy atom. The average molecular weight is 367 g/mol. The smallest absolute Gasteiger partial charge is 0.253 e. The molecule has 0 atom stereocenters. The van der Waals surface area contributed by atoms with Crippen LogP contribution >= 0.6 is 0 Å². The van der Waals surface area contributed by atoms with Gasteiger partial charge in [0.15, 0.2) is 0 Å². The summed E-state index contributed by atoms with van der Waals surface area (Å²) in [6, 6.07) is 10.1. The monoisotopic (exact) mass is 367 g/mol. The van der Waals surface area contributed by atoms with E-state index in [4.69, 9.17) is 5.73 Å². The zero-order valence-corrected chi connectivity index (χ0v) is 16.5. The normalized spacial score (nSPS) is 14.7. The van der Waals surface area contributed by atoms with Crippen LogP contribution < -0.4 is 5.73 Å². The van der Waals surface area contributed by atoms with Gasteiger partial charge < -0.3 is 15.5 Å². The molecule has 1 aromatic carbocycles. The van der Waals surface area contributed by atoms with E-state index in [1.807, 2.05) is 44.3 Å². The number of nitrogens with two attached hydrogens (primary N) is 1. The summed E-state index contributed by atoms with van der Waals surface area (Å²) in [4.78, 5) is 25.2. The molecule has 1 fully saturated rings. The number of aromatic nitrogens is 2. The first kappa shape index (κ1) is 19.3. The summed E-state index contributed by atoms with van der Waals surface area (Å²) in [5.41, 5.74) is 8.93. The highest BCUT2D eigenvalue weighted by molar-refractivity contribution is 5.94. The molecule has 1 heterocycles. The second kappa shape index (κ2) is 8.48. The molecule has 0 spiro atoms. The number of amides is 1. The summed E-state index contributed by atoms with van der Waals surface area (Å²) in [7, 11) is 4.03. The van der Waals surface area contributed by atoms with Gasteiger partial charge in [-0.2, -0.15) is 0 Å². The largest absolute Gasteiger partial charge is 0.368 e. The minimum atomic E-state index is 0.0414. The maximum absolute atomic E-state index is 12.7.